The van der Waals surface area contributed by atoms with Gasteiger partial charge in [0.15, 0.2) is 0 Å². The van der Waals surface area contributed by atoms with Crippen LogP contribution in [0.15, 0.2) is 36.7 Å². The van der Waals surface area contributed by atoms with E-state index in [9.17, 15) is 4.79 Å². The molecule has 0 spiro atoms. The average molecular weight is 337 g/mol. The van der Waals surface area contributed by atoms with E-state index >= 15 is 0 Å². The summed E-state index contributed by atoms with van der Waals surface area (Å²) in [7, 11) is 2.12. The summed E-state index contributed by atoms with van der Waals surface area (Å²) in [5, 5.41) is 0. The van der Waals surface area contributed by atoms with Gasteiger partial charge in [-0.2, -0.15) is 0 Å². The van der Waals surface area contributed by atoms with Crippen molar-refractivity contribution >= 4 is 17.5 Å². The van der Waals surface area contributed by atoms with Gasteiger partial charge < -0.3 is 14.7 Å². The van der Waals surface area contributed by atoms with Crippen LogP contribution >= 0.6 is 0 Å². The molecule has 0 bridgehead atoms. The topological polar surface area (TPSA) is 52.6 Å². The maximum Gasteiger partial charge on any atom is 0.261 e. The lowest BCUT2D eigenvalue weighted by atomic mass is 10.0. The van der Waals surface area contributed by atoms with Crippen molar-refractivity contribution in [3.05, 3.63) is 47.8 Å². The minimum Gasteiger partial charge on any atom is -0.338 e. The van der Waals surface area contributed by atoms with Gasteiger partial charge in [-0.3, -0.25) is 4.79 Å². The molecule has 0 atom stereocenters. The third kappa shape index (κ3) is 3.22. The molecule has 1 fully saturated rings. The second-order valence-electron chi connectivity index (χ2n) is 6.75. The Labute approximate surface area is 148 Å². The first-order chi connectivity index (χ1) is 12.2. The fourth-order valence-corrected chi connectivity index (χ4v) is 3.50. The first kappa shape index (κ1) is 16.0. The lowest BCUT2D eigenvalue weighted by Crippen LogP contribution is -2.45. The Bertz CT molecular complexity index is 753. The van der Waals surface area contributed by atoms with E-state index in [1.165, 1.54) is 5.56 Å². The molecule has 1 amide bonds. The molecule has 6 nitrogen and oxygen atoms in total. The Balaban J connectivity index is 1.52. The van der Waals surface area contributed by atoms with Gasteiger partial charge in [0.05, 0.1) is 5.56 Å². The van der Waals surface area contributed by atoms with Gasteiger partial charge in [0.1, 0.15) is 0 Å². The number of aromatic nitrogens is 2. The first-order valence-corrected chi connectivity index (χ1v) is 8.88. The molecule has 3 heterocycles. The Morgan fingerprint density at radius 1 is 1.00 bits per heavy atom. The highest BCUT2D eigenvalue weighted by Crippen LogP contribution is 2.28. The van der Waals surface area contributed by atoms with Gasteiger partial charge in [0.25, 0.3) is 5.91 Å². The third-order valence-corrected chi connectivity index (χ3v) is 5.03. The van der Waals surface area contributed by atoms with E-state index in [1.807, 2.05) is 23.1 Å². The summed E-state index contributed by atoms with van der Waals surface area (Å²) in [6, 6.07) is 8.13. The standard InChI is InChI=1S/C19H23N5O/c1-22-9-11-23(12-10-22)19-20-13-16(14-21-19)18(25)24-8-4-6-15-5-2-3-7-17(15)24/h2-3,5,7,13-14H,4,6,8-12H2,1H3. The van der Waals surface area contributed by atoms with Crippen LogP contribution in [0, 0.1) is 0 Å². The molecule has 1 saturated heterocycles. The number of piperazine rings is 1. The van der Waals surface area contributed by atoms with Crippen molar-refractivity contribution in [2.24, 2.45) is 0 Å². The maximum absolute atomic E-state index is 12.9. The van der Waals surface area contributed by atoms with Crippen molar-refractivity contribution in [2.45, 2.75) is 12.8 Å². The van der Waals surface area contributed by atoms with Gasteiger partial charge in [-0.25, -0.2) is 9.97 Å². The number of amides is 1. The molecule has 25 heavy (non-hydrogen) atoms. The van der Waals surface area contributed by atoms with Crippen LogP contribution < -0.4 is 9.80 Å². The number of para-hydroxylation sites is 1. The number of nitrogens with zero attached hydrogens (tertiary/aromatic N) is 5. The SMILES string of the molecule is CN1CCN(c2ncc(C(=O)N3CCCc4ccccc43)cn2)CC1. The first-order valence-electron chi connectivity index (χ1n) is 8.88. The Kier molecular flexibility index (Phi) is 4.36. The predicted molar refractivity (Wildman–Crippen MR) is 98.2 cm³/mol. The van der Waals surface area contributed by atoms with E-state index in [0.29, 0.717) is 11.5 Å². The van der Waals surface area contributed by atoms with Crippen molar-refractivity contribution in [3.8, 4) is 0 Å². The van der Waals surface area contributed by atoms with E-state index in [1.54, 1.807) is 12.4 Å². The average Bonchev–Trinajstić information content (AvgIpc) is 2.68. The summed E-state index contributed by atoms with van der Waals surface area (Å²) in [6.45, 7) is 4.60. The molecule has 2 aliphatic rings. The van der Waals surface area contributed by atoms with Crippen LogP contribution in [-0.2, 0) is 6.42 Å². The van der Waals surface area contributed by atoms with Crippen molar-refractivity contribution in [1.29, 1.82) is 0 Å². The summed E-state index contributed by atoms with van der Waals surface area (Å²) in [6.07, 6.45) is 5.35. The zero-order valence-electron chi connectivity index (χ0n) is 14.6. The van der Waals surface area contributed by atoms with Gasteiger partial charge in [0, 0.05) is 50.8 Å². The highest BCUT2D eigenvalue weighted by atomic mass is 16.2. The summed E-state index contributed by atoms with van der Waals surface area (Å²) in [5.74, 6) is 0.695. The van der Waals surface area contributed by atoms with Crippen LogP contribution in [-0.4, -0.2) is 60.5 Å². The number of carbonyl (C=O) groups excluding carboxylic acids is 1. The number of likely N-dealkylation sites (N-methyl/N-ethyl adjacent to an activating group) is 1. The molecule has 130 valence electrons. The largest absolute Gasteiger partial charge is 0.338 e. The van der Waals surface area contributed by atoms with Gasteiger partial charge in [0.2, 0.25) is 5.95 Å². The number of aryl methyl sites for hydroxylation is 1. The van der Waals surface area contributed by atoms with Crippen LogP contribution in [0.5, 0.6) is 0 Å². The van der Waals surface area contributed by atoms with Crippen LogP contribution in [0.3, 0.4) is 0 Å². The molecule has 1 aromatic carbocycles. The number of hydrogen-bond acceptors (Lipinski definition) is 5. The van der Waals surface area contributed by atoms with E-state index in [4.69, 9.17) is 0 Å². The summed E-state index contributed by atoms with van der Waals surface area (Å²) >= 11 is 0. The molecular formula is C19H23N5O. The number of anilines is 2. The second-order valence-corrected chi connectivity index (χ2v) is 6.75. The molecule has 4 rings (SSSR count). The Morgan fingerprint density at radius 2 is 1.72 bits per heavy atom. The van der Waals surface area contributed by atoms with Crippen molar-refractivity contribution in [3.63, 3.8) is 0 Å². The summed E-state index contributed by atoms with van der Waals surface area (Å²) < 4.78 is 0. The predicted octanol–water partition coefficient (Wildman–Crippen LogP) is 1.82. The smallest absolute Gasteiger partial charge is 0.261 e. The number of rotatable bonds is 2. The van der Waals surface area contributed by atoms with E-state index < -0.39 is 0 Å². The zero-order chi connectivity index (χ0) is 17.2. The minimum absolute atomic E-state index is 0.0166. The van der Waals surface area contributed by atoms with Crippen LogP contribution in [0.1, 0.15) is 22.3 Å². The normalized spacial score (nSPS) is 18.1. The van der Waals surface area contributed by atoms with E-state index in [0.717, 1.165) is 51.3 Å². The number of carbonyl (C=O) groups is 1. The lowest BCUT2D eigenvalue weighted by molar-refractivity contribution is 0.0984. The van der Waals surface area contributed by atoms with Gasteiger partial charge in [-0.15, -0.1) is 0 Å². The molecule has 0 unspecified atom stereocenters. The number of hydrogen-bond donors (Lipinski definition) is 0. The molecule has 2 aliphatic heterocycles. The highest BCUT2D eigenvalue weighted by molar-refractivity contribution is 6.06. The Morgan fingerprint density at radius 3 is 2.48 bits per heavy atom. The van der Waals surface area contributed by atoms with Crippen molar-refractivity contribution < 1.29 is 4.79 Å². The fraction of sp³-hybridized carbons (Fsp3) is 0.421. The second kappa shape index (κ2) is 6.80. The Hall–Kier alpha value is -2.47. The van der Waals surface area contributed by atoms with E-state index in [2.05, 4.69) is 32.9 Å². The molecule has 0 radical (unpaired) electrons. The monoisotopic (exact) mass is 337 g/mol. The highest BCUT2D eigenvalue weighted by Gasteiger charge is 2.24. The minimum atomic E-state index is -0.0166. The third-order valence-electron chi connectivity index (χ3n) is 5.03. The van der Waals surface area contributed by atoms with Crippen LogP contribution in [0.25, 0.3) is 0 Å². The van der Waals surface area contributed by atoms with Crippen LogP contribution in [0.2, 0.25) is 0 Å². The quantitative estimate of drug-likeness (QED) is 0.837. The zero-order valence-corrected chi connectivity index (χ0v) is 14.6. The van der Waals surface area contributed by atoms with Crippen molar-refractivity contribution in [2.75, 3.05) is 49.6 Å². The molecule has 1 aromatic heterocycles. The molecule has 6 heteroatoms. The summed E-state index contributed by atoms with van der Waals surface area (Å²) in [4.78, 5) is 28.1. The number of fused-ring (bicyclic) bond motifs is 1. The molecule has 0 N–H and O–H groups in total. The van der Waals surface area contributed by atoms with Crippen LogP contribution in [0.4, 0.5) is 11.6 Å². The van der Waals surface area contributed by atoms with Gasteiger partial charge in [-0.1, -0.05) is 18.2 Å². The summed E-state index contributed by atoms with van der Waals surface area (Å²) in [5.41, 5.74) is 2.80. The molecular weight excluding hydrogens is 314 g/mol. The number of benzene rings is 1. The lowest BCUT2D eigenvalue weighted by Gasteiger charge is -2.32. The maximum atomic E-state index is 12.9. The van der Waals surface area contributed by atoms with Gasteiger partial charge in [-0.05, 0) is 31.5 Å². The van der Waals surface area contributed by atoms with Gasteiger partial charge >= 0.3 is 0 Å². The fourth-order valence-electron chi connectivity index (χ4n) is 3.50. The molecule has 0 aliphatic carbocycles. The molecule has 2 aromatic rings. The van der Waals surface area contributed by atoms with E-state index in [-0.39, 0.29) is 5.91 Å². The molecule has 0 saturated carbocycles. The van der Waals surface area contributed by atoms with Crippen molar-refractivity contribution in [1.82, 2.24) is 14.9 Å².